The molecule has 2 aromatic heterocycles. The first-order chi connectivity index (χ1) is 10.1. The summed E-state index contributed by atoms with van der Waals surface area (Å²) in [5.74, 6) is 0.289. The van der Waals surface area contributed by atoms with Gasteiger partial charge in [0.1, 0.15) is 17.7 Å². The van der Waals surface area contributed by atoms with Gasteiger partial charge in [0, 0.05) is 5.69 Å². The number of nitrogens with two attached hydrogens (primary N) is 1. The van der Waals surface area contributed by atoms with Gasteiger partial charge in [0.15, 0.2) is 5.65 Å². The van der Waals surface area contributed by atoms with Gasteiger partial charge in [-0.15, -0.1) is 0 Å². The minimum Gasteiger partial charge on any atom is -0.369 e. The van der Waals surface area contributed by atoms with Gasteiger partial charge in [0.05, 0.1) is 16.8 Å². The number of aromatic nitrogens is 3. The third kappa shape index (κ3) is 1.96. The predicted octanol–water partition coefficient (Wildman–Crippen LogP) is 2.05. The Balaban J connectivity index is 2.31. The summed E-state index contributed by atoms with van der Waals surface area (Å²) in [5, 5.41) is 18.1. The van der Waals surface area contributed by atoms with Gasteiger partial charge in [-0.2, -0.15) is 10.5 Å². The van der Waals surface area contributed by atoms with E-state index in [1.54, 1.807) is 22.8 Å². The van der Waals surface area contributed by atoms with E-state index in [4.69, 9.17) is 16.3 Å². The van der Waals surface area contributed by atoms with E-state index in [1.165, 1.54) is 0 Å². The third-order valence-electron chi connectivity index (χ3n) is 3.17. The van der Waals surface area contributed by atoms with Crippen molar-refractivity contribution in [2.24, 2.45) is 0 Å². The zero-order valence-electron chi connectivity index (χ0n) is 11.2. The molecule has 0 atom stereocenters. The van der Waals surface area contributed by atoms with Gasteiger partial charge in [-0.05, 0) is 37.3 Å². The molecule has 0 aliphatic rings. The van der Waals surface area contributed by atoms with Gasteiger partial charge in [0.2, 0.25) is 5.95 Å². The van der Waals surface area contributed by atoms with Crippen molar-refractivity contribution >= 4 is 17.1 Å². The van der Waals surface area contributed by atoms with E-state index >= 15 is 0 Å². The van der Waals surface area contributed by atoms with Gasteiger partial charge in [-0.3, -0.25) is 4.57 Å². The minimum absolute atomic E-state index is 0.289. The van der Waals surface area contributed by atoms with Gasteiger partial charge in [-0.1, -0.05) is 0 Å². The van der Waals surface area contributed by atoms with Gasteiger partial charge >= 0.3 is 0 Å². The molecule has 0 spiro atoms. The van der Waals surface area contributed by atoms with Gasteiger partial charge in [-0.25, -0.2) is 9.97 Å². The first kappa shape index (κ1) is 12.6. The normalized spacial score (nSPS) is 10.2. The van der Waals surface area contributed by atoms with Crippen molar-refractivity contribution in [2.75, 3.05) is 5.73 Å². The topological polar surface area (TPSA) is 104 Å². The average Bonchev–Trinajstić information content (AvgIpc) is 2.81. The minimum atomic E-state index is 0.289. The first-order valence-corrected chi connectivity index (χ1v) is 6.20. The molecular weight excluding hydrogens is 264 g/mol. The molecule has 2 heterocycles. The molecular formula is C15H10N6. The van der Waals surface area contributed by atoms with E-state index in [1.807, 2.05) is 31.2 Å². The summed E-state index contributed by atoms with van der Waals surface area (Å²) in [6, 6.07) is 12.6. The third-order valence-corrected chi connectivity index (χ3v) is 3.17. The molecule has 0 fully saturated rings. The molecule has 6 heteroatoms. The number of pyridine rings is 1. The van der Waals surface area contributed by atoms with Crippen LogP contribution in [0.3, 0.4) is 0 Å². The van der Waals surface area contributed by atoms with Crippen molar-refractivity contribution in [3.8, 4) is 17.8 Å². The van der Waals surface area contributed by atoms with Crippen LogP contribution < -0.4 is 5.73 Å². The Morgan fingerprint density at radius 1 is 1.05 bits per heavy atom. The SMILES string of the molecule is Cc1ccc2nc(N)n(-c3ccc(C#N)c(C#N)c3)c2n1. The molecule has 0 saturated carbocycles. The highest BCUT2D eigenvalue weighted by Crippen LogP contribution is 2.23. The lowest BCUT2D eigenvalue weighted by atomic mass is 10.1. The van der Waals surface area contributed by atoms with Crippen LogP contribution in [0.15, 0.2) is 30.3 Å². The van der Waals surface area contributed by atoms with Gasteiger partial charge < -0.3 is 5.73 Å². The second-order valence-corrected chi connectivity index (χ2v) is 4.55. The fraction of sp³-hybridized carbons (Fsp3) is 0.0667. The molecule has 21 heavy (non-hydrogen) atoms. The van der Waals surface area contributed by atoms with Crippen LogP contribution in [-0.2, 0) is 0 Å². The lowest BCUT2D eigenvalue weighted by Crippen LogP contribution is -2.02. The summed E-state index contributed by atoms with van der Waals surface area (Å²) in [5.41, 5.74) is 9.39. The van der Waals surface area contributed by atoms with Gasteiger partial charge in [0.25, 0.3) is 0 Å². The van der Waals surface area contributed by atoms with Crippen molar-refractivity contribution in [3.63, 3.8) is 0 Å². The number of nitrogens with zero attached hydrogens (tertiary/aromatic N) is 5. The Morgan fingerprint density at radius 2 is 1.81 bits per heavy atom. The molecule has 0 radical (unpaired) electrons. The van der Waals surface area contributed by atoms with Crippen molar-refractivity contribution in [3.05, 3.63) is 47.2 Å². The molecule has 0 aliphatic carbocycles. The second kappa shape index (κ2) is 4.62. The zero-order valence-corrected chi connectivity index (χ0v) is 11.2. The van der Waals surface area contributed by atoms with Crippen LogP contribution in [0.5, 0.6) is 0 Å². The number of hydrogen-bond donors (Lipinski definition) is 1. The van der Waals surface area contributed by atoms with Crippen LogP contribution in [-0.4, -0.2) is 14.5 Å². The van der Waals surface area contributed by atoms with E-state index in [9.17, 15) is 0 Å². The highest BCUT2D eigenvalue weighted by atomic mass is 15.2. The average molecular weight is 274 g/mol. The Kier molecular flexibility index (Phi) is 2.78. The summed E-state index contributed by atoms with van der Waals surface area (Å²) in [7, 11) is 0. The smallest absolute Gasteiger partial charge is 0.207 e. The van der Waals surface area contributed by atoms with Crippen LogP contribution in [0.25, 0.3) is 16.9 Å². The molecule has 0 bridgehead atoms. The standard InChI is InChI=1S/C15H10N6/c1-9-2-5-13-14(19-9)21(15(18)20-13)12-4-3-10(7-16)11(6-12)8-17/h2-6H,1H3,(H2,18,20). The molecule has 3 aromatic rings. The fourth-order valence-corrected chi connectivity index (χ4v) is 2.19. The molecule has 3 rings (SSSR count). The number of imidazole rings is 1. The lowest BCUT2D eigenvalue weighted by molar-refractivity contribution is 1.07. The van der Waals surface area contributed by atoms with E-state index in [0.717, 1.165) is 5.69 Å². The number of rotatable bonds is 1. The molecule has 0 saturated heterocycles. The Labute approximate surface area is 120 Å². The second-order valence-electron chi connectivity index (χ2n) is 4.55. The van der Waals surface area contributed by atoms with Crippen LogP contribution in [0.4, 0.5) is 5.95 Å². The number of benzene rings is 1. The van der Waals surface area contributed by atoms with Crippen LogP contribution in [0.1, 0.15) is 16.8 Å². The number of nitriles is 2. The molecule has 0 amide bonds. The van der Waals surface area contributed by atoms with Crippen LogP contribution in [0.2, 0.25) is 0 Å². The zero-order chi connectivity index (χ0) is 15.0. The van der Waals surface area contributed by atoms with Crippen LogP contribution in [0, 0.1) is 29.6 Å². The molecule has 6 nitrogen and oxygen atoms in total. The number of hydrogen-bond acceptors (Lipinski definition) is 5. The van der Waals surface area contributed by atoms with E-state index < -0.39 is 0 Å². The van der Waals surface area contributed by atoms with Crippen molar-refractivity contribution < 1.29 is 0 Å². The largest absolute Gasteiger partial charge is 0.369 e. The Hall–Kier alpha value is -3.38. The molecule has 0 aliphatic heterocycles. The Bertz CT molecular complexity index is 939. The summed E-state index contributed by atoms with van der Waals surface area (Å²) >= 11 is 0. The predicted molar refractivity (Wildman–Crippen MR) is 77.4 cm³/mol. The monoisotopic (exact) mass is 274 g/mol. The fourth-order valence-electron chi connectivity index (χ4n) is 2.19. The summed E-state index contributed by atoms with van der Waals surface area (Å²) < 4.78 is 1.67. The first-order valence-electron chi connectivity index (χ1n) is 6.20. The van der Waals surface area contributed by atoms with Crippen molar-refractivity contribution in [2.45, 2.75) is 6.92 Å². The Morgan fingerprint density at radius 3 is 2.52 bits per heavy atom. The molecule has 100 valence electrons. The summed E-state index contributed by atoms with van der Waals surface area (Å²) in [6.45, 7) is 1.88. The number of fused-ring (bicyclic) bond motifs is 1. The molecule has 0 unspecified atom stereocenters. The maximum absolute atomic E-state index is 9.13. The quantitative estimate of drug-likeness (QED) is 0.731. The number of nitrogen functional groups attached to an aromatic ring is 1. The number of anilines is 1. The molecule has 1 aromatic carbocycles. The highest BCUT2D eigenvalue weighted by molar-refractivity contribution is 5.77. The summed E-state index contributed by atoms with van der Waals surface area (Å²) in [6.07, 6.45) is 0. The summed E-state index contributed by atoms with van der Waals surface area (Å²) in [4.78, 5) is 8.70. The highest BCUT2D eigenvalue weighted by Gasteiger charge is 2.13. The lowest BCUT2D eigenvalue weighted by Gasteiger charge is -2.07. The number of aryl methyl sites for hydroxylation is 1. The van der Waals surface area contributed by atoms with Crippen molar-refractivity contribution in [1.29, 1.82) is 10.5 Å². The van der Waals surface area contributed by atoms with Crippen LogP contribution >= 0.6 is 0 Å². The van der Waals surface area contributed by atoms with Crippen molar-refractivity contribution in [1.82, 2.24) is 14.5 Å². The van der Waals surface area contributed by atoms with E-state index in [2.05, 4.69) is 9.97 Å². The maximum Gasteiger partial charge on any atom is 0.207 e. The maximum atomic E-state index is 9.13. The molecule has 2 N–H and O–H groups in total. The van der Waals surface area contributed by atoms with E-state index in [0.29, 0.717) is 28.0 Å². The van der Waals surface area contributed by atoms with E-state index in [-0.39, 0.29) is 5.95 Å².